The van der Waals surface area contributed by atoms with Crippen molar-refractivity contribution in [2.75, 3.05) is 0 Å². The van der Waals surface area contributed by atoms with E-state index in [0.29, 0.717) is 0 Å². The van der Waals surface area contributed by atoms with Crippen LogP contribution in [-0.2, 0) is 6.42 Å². The summed E-state index contributed by atoms with van der Waals surface area (Å²) in [6.07, 6.45) is 5.62. The van der Waals surface area contributed by atoms with Crippen LogP contribution in [0.1, 0.15) is 44.6 Å². The topological polar surface area (TPSA) is 0 Å². The summed E-state index contributed by atoms with van der Waals surface area (Å²) in [5.74, 6) is -0.992. The maximum atomic E-state index is 13.4. The van der Waals surface area contributed by atoms with Gasteiger partial charge < -0.3 is 0 Å². The maximum absolute atomic E-state index is 13.4. The molecule has 0 bridgehead atoms. The highest BCUT2D eigenvalue weighted by Crippen LogP contribution is 2.19. The Morgan fingerprint density at radius 3 is 2.35 bits per heavy atom. The van der Waals surface area contributed by atoms with E-state index in [-0.39, 0.29) is 17.4 Å². The minimum absolute atomic E-state index is 0.114. The summed E-state index contributed by atoms with van der Waals surface area (Å²) in [5, 5.41) is -0.182. The van der Waals surface area contributed by atoms with Gasteiger partial charge in [-0.2, -0.15) is 0 Å². The highest BCUT2D eigenvalue weighted by Gasteiger charge is 2.13. The lowest BCUT2D eigenvalue weighted by Crippen LogP contribution is -2.07. The average molecular weight is 261 g/mol. The standard InChI is InChI=1S/C14H19ClF2/c1-2-3-4-5-7-11(15)10-12-13(16)8-6-9-14(12)17/h6,8-9,11H,2-5,7,10H2,1H3. The fourth-order valence-corrected chi connectivity index (χ4v) is 2.15. The van der Waals surface area contributed by atoms with E-state index in [4.69, 9.17) is 11.6 Å². The van der Waals surface area contributed by atoms with E-state index in [2.05, 4.69) is 6.92 Å². The number of hydrogen-bond donors (Lipinski definition) is 0. The molecule has 0 aliphatic rings. The van der Waals surface area contributed by atoms with Crippen LogP contribution in [0.5, 0.6) is 0 Å². The zero-order chi connectivity index (χ0) is 12.7. The third-order valence-corrected chi connectivity index (χ3v) is 3.23. The minimum atomic E-state index is -0.496. The van der Waals surface area contributed by atoms with Crippen LogP contribution in [0.15, 0.2) is 18.2 Å². The maximum Gasteiger partial charge on any atom is 0.129 e. The number of benzene rings is 1. The molecule has 0 aromatic heterocycles. The lowest BCUT2D eigenvalue weighted by molar-refractivity contribution is 0.540. The van der Waals surface area contributed by atoms with Crippen LogP contribution in [-0.4, -0.2) is 5.38 Å². The molecule has 96 valence electrons. The Kier molecular flexibility index (Phi) is 6.49. The van der Waals surface area contributed by atoms with Crippen molar-refractivity contribution in [3.05, 3.63) is 35.4 Å². The molecule has 0 spiro atoms. The van der Waals surface area contributed by atoms with Gasteiger partial charge in [-0.3, -0.25) is 0 Å². The van der Waals surface area contributed by atoms with Crippen LogP contribution < -0.4 is 0 Å². The van der Waals surface area contributed by atoms with Crippen LogP contribution in [0.25, 0.3) is 0 Å². The van der Waals surface area contributed by atoms with Crippen LogP contribution in [0.4, 0.5) is 8.78 Å². The molecule has 17 heavy (non-hydrogen) atoms. The van der Waals surface area contributed by atoms with Crippen molar-refractivity contribution < 1.29 is 8.78 Å². The molecule has 0 aliphatic carbocycles. The molecule has 0 saturated carbocycles. The predicted molar refractivity (Wildman–Crippen MR) is 68.5 cm³/mol. The molecule has 0 fully saturated rings. The summed E-state index contributed by atoms with van der Waals surface area (Å²) < 4.78 is 26.7. The monoisotopic (exact) mass is 260 g/mol. The number of halogens is 3. The second-order valence-electron chi connectivity index (χ2n) is 4.35. The van der Waals surface area contributed by atoms with Crippen molar-refractivity contribution in [3.63, 3.8) is 0 Å². The van der Waals surface area contributed by atoms with Crippen molar-refractivity contribution in [1.82, 2.24) is 0 Å². The molecule has 3 heteroatoms. The van der Waals surface area contributed by atoms with E-state index >= 15 is 0 Å². The van der Waals surface area contributed by atoms with E-state index in [1.165, 1.54) is 31.0 Å². The zero-order valence-corrected chi connectivity index (χ0v) is 10.9. The van der Waals surface area contributed by atoms with Gasteiger partial charge in [0.1, 0.15) is 11.6 Å². The summed E-state index contributed by atoms with van der Waals surface area (Å²) in [5.41, 5.74) is 0.114. The fourth-order valence-electron chi connectivity index (χ4n) is 1.84. The summed E-state index contributed by atoms with van der Waals surface area (Å²) in [4.78, 5) is 0. The molecule has 1 rings (SSSR count). The molecular weight excluding hydrogens is 242 g/mol. The molecule has 0 radical (unpaired) electrons. The highest BCUT2D eigenvalue weighted by molar-refractivity contribution is 6.20. The van der Waals surface area contributed by atoms with E-state index < -0.39 is 11.6 Å². The lowest BCUT2D eigenvalue weighted by atomic mass is 10.0. The largest absolute Gasteiger partial charge is 0.207 e. The van der Waals surface area contributed by atoms with Crippen LogP contribution >= 0.6 is 11.6 Å². The Balaban J connectivity index is 2.42. The Bertz CT molecular complexity index is 319. The normalized spacial score (nSPS) is 12.7. The molecule has 0 heterocycles. The highest BCUT2D eigenvalue weighted by atomic mass is 35.5. The van der Waals surface area contributed by atoms with Crippen molar-refractivity contribution >= 4 is 11.6 Å². The Morgan fingerprint density at radius 1 is 1.12 bits per heavy atom. The third kappa shape index (κ3) is 5.03. The van der Waals surface area contributed by atoms with Crippen LogP contribution in [0.3, 0.4) is 0 Å². The molecule has 0 amide bonds. The molecule has 0 N–H and O–H groups in total. The summed E-state index contributed by atoms with van der Waals surface area (Å²) in [7, 11) is 0. The molecule has 1 aromatic rings. The Morgan fingerprint density at radius 2 is 1.76 bits per heavy atom. The number of unbranched alkanes of at least 4 members (excludes halogenated alkanes) is 3. The zero-order valence-electron chi connectivity index (χ0n) is 10.2. The van der Waals surface area contributed by atoms with Crippen molar-refractivity contribution in [1.29, 1.82) is 0 Å². The van der Waals surface area contributed by atoms with Gasteiger partial charge in [-0.1, -0.05) is 38.7 Å². The molecule has 0 nitrogen and oxygen atoms in total. The van der Waals surface area contributed by atoms with Gasteiger partial charge >= 0.3 is 0 Å². The first kappa shape index (κ1) is 14.4. The third-order valence-electron chi connectivity index (χ3n) is 2.86. The van der Waals surface area contributed by atoms with Crippen molar-refractivity contribution in [2.24, 2.45) is 0 Å². The van der Waals surface area contributed by atoms with Crippen LogP contribution in [0, 0.1) is 11.6 Å². The molecule has 0 aliphatic heterocycles. The predicted octanol–water partition coefficient (Wildman–Crippen LogP) is 5.09. The lowest BCUT2D eigenvalue weighted by Gasteiger charge is -2.10. The first-order valence-electron chi connectivity index (χ1n) is 6.22. The smallest absolute Gasteiger partial charge is 0.129 e. The van der Waals surface area contributed by atoms with Gasteiger partial charge in [-0.05, 0) is 25.0 Å². The number of hydrogen-bond acceptors (Lipinski definition) is 0. The van der Waals surface area contributed by atoms with Gasteiger partial charge in [-0.15, -0.1) is 11.6 Å². The minimum Gasteiger partial charge on any atom is -0.207 e. The molecular formula is C14H19ClF2. The summed E-state index contributed by atoms with van der Waals surface area (Å²) in [6, 6.07) is 3.93. The second kappa shape index (κ2) is 7.65. The van der Waals surface area contributed by atoms with E-state index in [9.17, 15) is 8.78 Å². The number of alkyl halides is 1. The molecule has 1 atom stereocenters. The molecule has 1 aromatic carbocycles. The van der Waals surface area contributed by atoms with E-state index in [1.54, 1.807) is 0 Å². The molecule has 0 saturated heterocycles. The van der Waals surface area contributed by atoms with Crippen molar-refractivity contribution in [3.8, 4) is 0 Å². The van der Waals surface area contributed by atoms with Gasteiger partial charge in [0, 0.05) is 10.9 Å². The quantitative estimate of drug-likeness (QED) is 0.473. The van der Waals surface area contributed by atoms with Gasteiger partial charge in [-0.25, -0.2) is 8.78 Å². The van der Waals surface area contributed by atoms with Crippen molar-refractivity contribution in [2.45, 2.75) is 50.8 Å². The van der Waals surface area contributed by atoms with E-state index in [1.807, 2.05) is 0 Å². The van der Waals surface area contributed by atoms with E-state index in [0.717, 1.165) is 19.3 Å². The SMILES string of the molecule is CCCCCCC(Cl)Cc1c(F)cccc1F. The first-order valence-corrected chi connectivity index (χ1v) is 6.65. The van der Waals surface area contributed by atoms with Gasteiger partial charge in [0.15, 0.2) is 0 Å². The second-order valence-corrected chi connectivity index (χ2v) is 4.97. The van der Waals surface area contributed by atoms with Crippen LogP contribution in [0.2, 0.25) is 0 Å². The average Bonchev–Trinajstić information content (AvgIpc) is 2.30. The fraction of sp³-hybridized carbons (Fsp3) is 0.571. The Hall–Kier alpha value is -0.630. The van der Waals surface area contributed by atoms with Gasteiger partial charge in [0.05, 0.1) is 0 Å². The summed E-state index contributed by atoms with van der Waals surface area (Å²) in [6.45, 7) is 2.15. The van der Waals surface area contributed by atoms with Gasteiger partial charge in [0.2, 0.25) is 0 Å². The Labute approximate surface area is 107 Å². The first-order chi connectivity index (χ1) is 8.15. The summed E-state index contributed by atoms with van der Waals surface area (Å²) >= 11 is 6.10. The molecule has 1 unspecified atom stereocenters. The number of rotatable bonds is 7. The van der Waals surface area contributed by atoms with Gasteiger partial charge in [0.25, 0.3) is 0 Å².